The number of carbonyl (C=O) groups is 2. The van der Waals surface area contributed by atoms with Gasteiger partial charge in [-0.25, -0.2) is 0 Å². The van der Waals surface area contributed by atoms with Crippen LogP contribution >= 0.6 is 0 Å². The molecule has 1 atom stereocenters. The van der Waals surface area contributed by atoms with Crippen LogP contribution in [0.2, 0.25) is 0 Å². The minimum absolute atomic E-state index is 0.0920. The number of ether oxygens (including phenoxy) is 2. The van der Waals surface area contributed by atoms with Crippen LogP contribution in [0.15, 0.2) is 54.1 Å². The number of carbonyl (C=O) groups excluding carboxylic acids is 2. The Labute approximate surface area is 183 Å². The maximum absolute atomic E-state index is 12.9. The predicted octanol–water partition coefficient (Wildman–Crippen LogP) is 4.71. The number of aliphatic hydroxyl groups is 1. The summed E-state index contributed by atoms with van der Waals surface area (Å²) in [6, 6.07) is 13.6. The molecule has 2 aromatic carbocycles. The minimum Gasteiger partial charge on any atom is -0.507 e. The third-order valence-corrected chi connectivity index (χ3v) is 5.09. The molecule has 6 heteroatoms. The van der Waals surface area contributed by atoms with E-state index in [0.29, 0.717) is 37.5 Å². The molecule has 0 aliphatic carbocycles. The Kier molecular flexibility index (Phi) is 7.34. The average Bonchev–Trinajstić information content (AvgIpc) is 3.03. The van der Waals surface area contributed by atoms with Gasteiger partial charge in [0.2, 0.25) is 0 Å². The summed E-state index contributed by atoms with van der Waals surface area (Å²) < 4.78 is 11.2. The van der Waals surface area contributed by atoms with Crippen LogP contribution in [0.5, 0.6) is 11.5 Å². The van der Waals surface area contributed by atoms with Gasteiger partial charge >= 0.3 is 0 Å². The zero-order valence-electron chi connectivity index (χ0n) is 18.3. The number of Topliss-reactive ketones (excluding diaryl/α,β-unsaturated/α-hetero) is 1. The molecule has 0 aromatic heterocycles. The van der Waals surface area contributed by atoms with E-state index in [1.54, 1.807) is 24.3 Å². The smallest absolute Gasteiger partial charge is 0.295 e. The van der Waals surface area contributed by atoms with Crippen LogP contribution in [0.25, 0.3) is 5.76 Å². The van der Waals surface area contributed by atoms with Crippen molar-refractivity contribution in [1.29, 1.82) is 0 Å². The first-order valence-corrected chi connectivity index (χ1v) is 10.8. The van der Waals surface area contributed by atoms with Crippen molar-refractivity contribution >= 4 is 17.4 Å². The Bertz CT molecular complexity index is 964. The van der Waals surface area contributed by atoms with Gasteiger partial charge in [-0.15, -0.1) is 0 Å². The fourth-order valence-corrected chi connectivity index (χ4v) is 3.72. The van der Waals surface area contributed by atoms with Crippen molar-refractivity contribution in [2.75, 3.05) is 19.8 Å². The van der Waals surface area contributed by atoms with Crippen LogP contribution in [0.3, 0.4) is 0 Å². The van der Waals surface area contributed by atoms with Gasteiger partial charge in [-0.05, 0) is 49.6 Å². The highest BCUT2D eigenvalue weighted by Gasteiger charge is 2.45. The van der Waals surface area contributed by atoms with E-state index in [-0.39, 0.29) is 11.3 Å². The van der Waals surface area contributed by atoms with Crippen molar-refractivity contribution in [2.24, 2.45) is 0 Å². The number of amides is 1. The van der Waals surface area contributed by atoms with Crippen molar-refractivity contribution in [1.82, 2.24) is 4.90 Å². The highest BCUT2D eigenvalue weighted by Crippen LogP contribution is 2.40. The second-order valence-corrected chi connectivity index (χ2v) is 7.37. The molecule has 2 aromatic rings. The molecule has 31 heavy (non-hydrogen) atoms. The SMILES string of the molecule is CCCOc1ccc(C2/C(=C(/O)c3cccc(OCC)c3)C(=O)C(=O)N2CCC)cc1. The van der Waals surface area contributed by atoms with Gasteiger partial charge in [-0.3, -0.25) is 9.59 Å². The van der Waals surface area contributed by atoms with Crippen molar-refractivity contribution in [3.05, 3.63) is 65.2 Å². The number of hydrogen-bond donors (Lipinski definition) is 1. The Morgan fingerprint density at radius 3 is 2.35 bits per heavy atom. The molecular weight excluding hydrogens is 394 g/mol. The van der Waals surface area contributed by atoms with Gasteiger partial charge in [0.05, 0.1) is 24.8 Å². The molecule has 1 aliphatic rings. The summed E-state index contributed by atoms with van der Waals surface area (Å²) in [6.07, 6.45) is 1.60. The Morgan fingerprint density at radius 2 is 1.71 bits per heavy atom. The monoisotopic (exact) mass is 423 g/mol. The van der Waals surface area contributed by atoms with Crippen molar-refractivity contribution in [3.8, 4) is 11.5 Å². The van der Waals surface area contributed by atoms with Gasteiger partial charge in [0.15, 0.2) is 0 Å². The third-order valence-electron chi connectivity index (χ3n) is 5.09. The fraction of sp³-hybridized carbons (Fsp3) is 0.360. The largest absolute Gasteiger partial charge is 0.507 e. The van der Waals surface area contributed by atoms with E-state index < -0.39 is 17.7 Å². The molecular formula is C25H29NO5. The molecule has 1 heterocycles. The zero-order chi connectivity index (χ0) is 22.4. The fourth-order valence-electron chi connectivity index (χ4n) is 3.72. The minimum atomic E-state index is -0.677. The Balaban J connectivity index is 2.07. The Morgan fingerprint density at radius 1 is 0.968 bits per heavy atom. The summed E-state index contributed by atoms with van der Waals surface area (Å²) >= 11 is 0. The first-order chi connectivity index (χ1) is 15.0. The molecule has 1 unspecified atom stereocenters. The van der Waals surface area contributed by atoms with Crippen LogP contribution < -0.4 is 9.47 Å². The molecule has 1 aliphatic heterocycles. The van der Waals surface area contributed by atoms with Gasteiger partial charge in [0.1, 0.15) is 17.3 Å². The van der Waals surface area contributed by atoms with Gasteiger partial charge in [0, 0.05) is 12.1 Å². The number of aliphatic hydroxyl groups excluding tert-OH is 1. The lowest BCUT2D eigenvalue weighted by Gasteiger charge is -2.25. The maximum atomic E-state index is 12.9. The van der Waals surface area contributed by atoms with Crippen LogP contribution in [-0.4, -0.2) is 41.5 Å². The molecule has 0 radical (unpaired) electrons. The lowest BCUT2D eigenvalue weighted by atomic mass is 9.95. The number of benzene rings is 2. The molecule has 1 saturated heterocycles. The molecule has 164 valence electrons. The summed E-state index contributed by atoms with van der Waals surface area (Å²) in [7, 11) is 0. The topological polar surface area (TPSA) is 76.1 Å². The standard InChI is InChI=1S/C25H29NO5/c1-4-14-26-22(17-10-12-19(13-11-17)31-15-5-2)21(24(28)25(26)29)23(27)18-8-7-9-20(16-18)30-6-3/h7-13,16,22,27H,4-6,14-15H2,1-3H3/b23-21-. The van der Waals surface area contributed by atoms with Crippen LogP contribution in [0, 0.1) is 0 Å². The van der Waals surface area contributed by atoms with Gasteiger partial charge < -0.3 is 19.5 Å². The molecule has 1 N–H and O–H groups in total. The predicted molar refractivity (Wildman–Crippen MR) is 119 cm³/mol. The quantitative estimate of drug-likeness (QED) is 0.359. The molecule has 6 nitrogen and oxygen atoms in total. The van der Waals surface area contributed by atoms with E-state index in [4.69, 9.17) is 9.47 Å². The van der Waals surface area contributed by atoms with Crippen LogP contribution in [0.1, 0.15) is 50.8 Å². The molecule has 0 bridgehead atoms. The summed E-state index contributed by atoms with van der Waals surface area (Å²) in [5.41, 5.74) is 1.28. The zero-order valence-corrected chi connectivity index (χ0v) is 18.3. The number of likely N-dealkylation sites (tertiary alicyclic amines) is 1. The molecule has 0 spiro atoms. The summed E-state index contributed by atoms with van der Waals surface area (Å²) in [6.45, 7) is 7.37. The number of nitrogens with zero attached hydrogens (tertiary/aromatic N) is 1. The number of rotatable bonds is 9. The first-order valence-electron chi connectivity index (χ1n) is 10.8. The summed E-state index contributed by atoms with van der Waals surface area (Å²) in [5.74, 6) is -0.162. The highest BCUT2D eigenvalue weighted by molar-refractivity contribution is 6.46. The second kappa shape index (κ2) is 10.2. The molecule has 3 rings (SSSR count). The van der Waals surface area contributed by atoms with E-state index in [1.165, 1.54) is 4.90 Å². The number of ketones is 1. The van der Waals surface area contributed by atoms with Crippen molar-refractivity contribution < 1.29 is 24.2 Å². The van der Waals surface area contributed by atoms with Gasteiger partial charge in [-0.2, -0.15) is 0 Å². The van der Waals surface area contributed by atoms with E-state index in [2.05, 4.69) is 0 Å². The molecule has 1 fully saturated rings. The van der Waals surface area contributed by atoms with E-state index >= 15 is 0 Å². The summed E-state index contributed by atoms with van der Waals surface area (Å²) in [4.78, 5) is 27.3. The normalized spacial score (nSPS) is 17.8. The maximum Gasteiger partial charge on any atom is 0.295 e. The van der Waals surface area contributed by atoms with Gasteiger partial charge in [0.25, 0.3) is 11.7 Å². The highest BCUT2D eigenvalue weighted by atomic mass is 16.5. The van der Waals surface area contributed by atoms with Crippen molar-refractivity contribution in [3.63, 3.8) is 0 Å². The molecule has 0 saturated carbocycles. The lowest BCUT2D eigenvalue weighted by Crippen LogP contribution is -2.30. The van der Waals surface area contributed by atoms with E-state index in [9.17, 15) is 14.7 Å². The van der Waals surface area contributed by atoms with E-state index in [0.717, 1.165) is 17.7 Å². The Hall–Kier alpha value is -3.28. The summed E-state index contributed by atoms with van der Waals surface area (Å²) in [5, 5.41) is 11.1. The average molecular weight is 424 g/mol. The van der Waals surface area contributed by atoms with E-state index in [1.807, 2.05) is 45.0 Å². The first kappa shape index (κ1) is 22.4. The molecule has 1 amide bonds. The van der Waals surface area contributed by atoms with Crippen LogP contribution in [-0.2, 0) is 9.59 Å². The second-order valence-electron chi connectivity index (χ2n) is 7.37. The third kappa shape index (κ3) is 4.74. The van der Waals surface area contributed by atoms with Crippen molar-refractivity contribution in [2.45, 2.75) is 39.7 Å². The number of hydrogen-bond acceptors (Lipinski definition) is 5. The lowest BCUT2D eigenvalue weighted by molar-refractivity contribution is -0.139. The van der Waals surface area contributed by atoms with Gasteiger partial charge in [-0.1, -0.05) is 38.1 Å². The van der Waals surface area contributed by atoms with Crippen LogP contribution in [0.4, 0.5) is 0 Å².